The average molecular weight is 273 g/mol. The van der Waals surface area contributed by atoms with Crippen molar-refractivity contribution in [2.45, 2.75) is 44.8 Å². The van der Waals surface area contributed by atoms with Gasteiger partial charge in [-0.2, -0.15) is 0 Å². The van der Waals surface area contributed by atoms with Crippen molar-refractivity contribution >= 4 is 0 Å². The van der Waals surface area contributed by atoms with Crippen molar-refractivity contribution in [3.8, 4) is 5.75 Å². The number of aliphatic hydroxyl groups is 1. The van der Waals surface area contributed by atoms with E-state index in [1.165, 1.54) is 24.8 Å². The molecule has 2 heterocycles. The zero-order valence-corrected chi connectivity index (χ0v) is 12.3. The van der Waals surface area contributed by atoms with Gasteiger partial charge in [-0.1, -0.05) is 24.6 Å². The zero-order chi connectivity index (χ0) is 14.2. The molecule has 2 aliphatic heterocycles. The Morgan fingerprint density at radius 1 is 1.20 bits per heavy atom. The number of benzene rings is 1. The first-order valence-electron chi connectivity index (χ1n) is 7.50. The summed E-state index contributed by atoms with van der Waals surface area (Å²) in [6.07, 6.45) is 5.66. The number of likely N-dealkylation sites (tertiary alicyclic amines) is 1. The van der Waals surface area contributed by atoms with Crippen LogP contribution in [-0.2, 0) is 0 Å². The highest BCUT2D eigenvalue weighted by atomic mass is 16.5. The van der Waals surface area contributed by atoms with E-state index in [9.17, 15) is 5.11 Å². The minimum absolute atomic E-state index is 0.165. The Morgan fingerprint density at radius 3 is 2.60 bits per heavy atom. The van der Waals surface area contributed by atoms with Crippen molar-refractivity contribution in [1.29, 1.82) is 0 Å². The van der Waals surface area contributed by atoms with Crippen LogP contribution in [0.2, 0.25) is 0 Å². The number of rotatable bonds is 2. The molecule has 0 saturated carbocycles. The third-order valence-electron chi connectivity index (χ3n) is 3.96. The van der Waals surface area contributed by atoms with E-state index in [0.29, 0.717) is 0 Å². The van der Waals surface area contributed by atoms with Gasteiger partial charge in [0.25, 0.3) is 0 Å². The Labute approximate surface area is 120 Å². The molecule has 0 aromatic heterocycles. The van der Waals surface area contributed by atoms with Crippen molar-refractivity contribution in [3.63, 3.8) is 0 Å². The minimum Gasteiger partial charge on any atom is -0.460 e. The monoisotopic (exact) mass is 273 g/mol. The molecule has 3 rings (SSSR count). The number of piperidine rings is 1. The van der Waals surface area contributed by atoms with E-state index in [2.05, 4.69) is 17.0 Å². The molecule has 3 heteroatoms. The lowest BCUT2D eigenvalue weighted by molar-refractivity contribution is 0.122. The lowest BCUT2D eigenvalue weighted by atomic mass is 9.99. The fraction of sp³-hybridized carbons (Fsp3) is 0.529. The highest BCUT2D eigenvalue weighted by molar-refractivity contribution is 5.46. The predicted molar refractivity (Wildman–Crippen MR) is 79.6 cm³/mol. The van der Waals surface area contributed by atoms with Crippen LogP contribution in [0.1, 0.15) is 44.7 Å². The maximum Gasteiger partial charge on any atom is 0.132 e. The SMILES string of the molecule is CC(C)(O)/C=C1\Oc2ccccc2C1N1CCCCC1. The fourth-order valence-corrected chi connectivity index (χ4v) is 3.15. The van der Waals surface area contributed by atoms with Crippen LogP contribution in [0.4, 0.5) is 0 Å². The number of nitrogens with zero attached hydrogens (tertiary/aromatic N) is 1. The van der Waals surface area contributed by atoms with E-state index < -0.39 is 5.60 Å². The molecule has 0 spiro atoms. The Bertz CT molecular complexity index is 510. The number of hydrogen-bond acceptors (Lipinski definition) is 3. The number of para-hydroxylation sites is 1. The summed E-state index contributed by atoms with van der Waals surface area (Å²) in [5.74, 6) is 1.80. The Balaban J connectivity index is 1.97. The third-order valence-corrected chi connectivity index (χ3v) is 3.96. The molecule has 1 aromatic rings. The average Bonchev–Trinajstić information content (AvgIpc) is 2.75. The number of fused-ring (bicyclic) bond motifs is 1. The molecule has 20 heavy (non-hydrogen) atoms. The molecule has 0 aliphatic carbocycles. The molecule has 1 unspecified atom stereocenters. The van der Waals surface area contributed by atoms with E-state index in [4.69, 9.17) is 4.74 Å². The Hall–Kier alpha value is -1.32. The molecule has 2 aliphatic rings. The molecule has 1 aromatic carbocycles. The summed E-state index contributed by atoms with van der Waals surface area (Å²) in [5, 5.41) is 10.1. The van der Waals surface area contributed by atoms with E-state index in [1.807, 2.05) is 18.2 Å². The van der Waals surface area contributed by atoms with Crippen LogP contribution in [0, 0.1) is 0 Å². The molecular weight excluding hydrogens is 250 g/mol. The van der Waals surface area contributed by atoms with Crippen LogP contribution in [0.15, 0.2) is 36.1 Å². The van der Waals surface area contributed by atoms with Gasteiger partial charge in [0.15, 0.2) is 0 Å². The highest BCUT2D eigenvalue weighted by Gasteiger charge is 2.35. The topological polar surface area (TPSA) is 32.7 Å². The summed E-state index contributed by atoms with van der Waals surface area (Å²) in [6, 6.07) is 8.38. The van der Waals surface area contributed by atoms with E-state index >= 15 is 0 Å². The van der Waals surface area contributed by atoms with Gasteiger partial charge >= 0.3 is 0 Å². The van der Waals surface area contributed by atoms with Crippen molar-refractivity contribution in [1.82, 2.24) is 4.90 Å². The van der Waals surface area contributed by atoms with Crippen molar-refractivity contribution < 1.29 is 9.84 Å². The van der Waals surface area contributed by atoms with E-state index in [1.54, 1.807) is 13.8 Å². The second-order valence-electron chi connectivity index (χ2n) is 6.34. The predicted octanol–water partition coefficient (Wildman–Crippen LogP) is 3.26. The summed E-state index contributed by atoms with van der Waals surface area (Å²) in [5.41, 5.74) is 0.371. The van der Waals surface area contributed by atoms with Gasteiger partial charge in [0.05, 0.1) is 11.6 Å². The minimum atomic E-state index is -0.856. The second-order valence-corrected chi connectivity index (χ2v) is 6.34. The molecule has 108 valence electrons. The molecule has 0 amide bonds. The van der Waals surface area contributed by atoms with Crippen LogP contribution in [0.5, 0.6) is 5.75 Å². The molecule has 1 N–H and O–H groups in total. The van der Waals surface area contributed by atoms with Crippen molar-refractivity contribution in [2.24, 2.45) is 0 Å². The fourth-order valence-electron chi connectivity index (χ4n) is 3.15. The molecule has 1 atom stereocenters. The summed E-state index contributed by atoms with van der Waals surface area (Å²) >= 11 is 0. The summed E-state index contributed by atoms with van der Waals surface area (Å²) in [6.45, 7) is 5.79. The molecule has 0 radical (unpaired) electrons. The van der Waals surface area contributed by atoms with Gasteiger partial charge in [-0.05, 0) is 51.9 Å². The van der Waals surface area contributed by atoms with Gasteiger partial charge in [0.1, 0.15) is 11.5 Å². The van der Waals surface area contributed by atoms with Crippen LogP contribution in [0.3, 0.4) is 0 Å². The maximum atomic E-state index is 10.1. The van der Waals surface area contributed by atoms with Gasteiger partial charge in [0.2, 0.25) is 0 Å². The summed E-state index contributed by atoms with van der Waals surface area (Å²) in [4.78, 5) is 2.48. The first-order chi connectivity index (χ1) is 9.54. The summed E-state index contributed by atoms with van der Waals surface area (Å²) < 4.78 is 6.01. The summed E-state index contributed by atoms with van der Waals surface area (Å²) in [7, 11) is 0. The standard InChI is InChI=1S/C17H23NO2/c1-17(2,19)12-15-16(18-10-6-3-7-11-18)13-8-4-5-9-14(13)20-15/h4-5,8-9,12,16,19H,3,6-7,10-11H2,1-2H3/b15-12-. The number of ether oxygens (including phenoxy) is 1. The van der Waals surface area contributed by atoms with Gasteiger partial charge < -0.3 is 9.84 Å². The zero-order valence-electron chi connectivity index (χ0n) is 12.3. The smallest absolute Gasteiger partial charge is 0.132 e. The van der Waals surface area contributed by atoms with Crippen LogP contribution in [0.25, 0.3) is 0 Å². The largest absolute Gasteiger partial charge is 0.460 e. The van der Waals surface area contributed by atoms with Gasteiger partial charge in [-0.25, -0.2) is 0 Å². The first-order valence-corrected chi connectivity index (χ1v) is 7.50. The van der Waals surface area contributed by atoms with Crippen molar-refractivity contribution in [2.75, 3.05) is 13.1 Å². The van der Waals surface area contributed by atoms with Crippen molar-refractivity contribution in [3.05, 3.63) is 41.7 Å². The quantitative estimate of drug-likeness (QED) is 0.897. The Morgan fingerprint density at radius 2 is 1.90 bits per heavy atom. The normalized spacial score (nSPS) is 25.6. The van der Waals surface area contributed by atoms with Crippen LogP contribution in [-0.4, -0.2) is 28.7 Å². The third kappa shape index (κ3) is 2.74. The molecule has 3 nitrogen and oxygen atoms in total. The van der Waals surface area contributed by atoms with E-state index in [0.717, 1.165) is 24.6 Å². The maximum absolute atomic E-state index is 10.1. The van der Waals surface area contributed by atoms with Gasteiger partial charge in [-0.15, -0.1) is 0 Å². The number of hydrogen-bond donors (Lipinski definition) is 1. The molecular formula is C17H23NO2. The molecule has 1 saturated heterocycles. The Kier molecular flexibility index (Phi) is 3.57. The van der Waals surface area contributed by atoms with Crippen LogP contribution < -0.4 is 4.74 Å². The first kappa shape index (κ1) is 13.7. The second kappa shape index (κ2) is 5.23. The molecule has 1 fully saturated rings. The van der Waals surface area contributed by atoms with Gasteiger partial charge in [0, 0.05) is 5.56 Å². The van der Waals surface area contributed by atoms with Crippen LogP contribution >= 0.6 is 0 Å². The lowest BCUT2D eigenvalue weighted by Crippen LogP contribution is -2.34. The van der Waals surface area contributed by atoms with Gasteiger partial charge in [-0.3, -0.25) is 4.90 Å². The molecule has 0 bridgehead atoms. The lowest BCUT2D eigenvalue weighted by Gasteiger charge is -2.32. The van der Waals surface area contributed by atoms with E-state index in [-0.39, 0.29) is 6.04 Å². The highest BCUT2D eigenvalue weighted by Crippen LogP contribution is 2.43.